The molecule has 0 spiro atoms. The van der Waals surface area contributed by atoms with Crippen molar-refractivity contribution < 1.29 is 14.3 Å². The second-order valence-corrected chi connectivity index (χ2v) is 6.20. The second-order valence-electron chi connectivity index (χ2n) is 6.20. The van der Waals surface area contributed by atoms with Gasteiger partial charge in [-0.25, -0.2) is 0 Å². The topological polar surface area (TPSA) is 47.6 Å². The van der Waals surface area contributed by atoms with E-state index in [9.17, 15) is 4.79 Å². The summed E-state index contributed by atoms with van der Waals surface area (Å²) in [6.45, 7) is 0. The Morgan fingerprint density at radius 2 is 1.46 bits per heavy atom. The summed E-state index contributed by atoms with van der Waals surface area (Å²) in [5, 5.41) is 3.09. The molecule has 0 saturated carbocycles. The third-order valence-corrected chi connectivity index (χ3v) is 4.41. The molecule has 0 saturated heterocycles. The lowest BCUT2D eigenvalue weighted by Gasteiger charge is -2.19. The Morgan fingerprint density at radius 1 is 0.857 bits per heavy atom. The first-order chi connectivity index (χ1) is 13.7. The zero-order chi connectivity index (χ0) is 19.8. The van der Waals surface area contributed by atoms with Crippen LogP contribution in [0.15, 0.2) is 84.9 Å². The van der Waals surface area contributed by atoms with Gasteiger partial charge < -0.3 is 14.8 Å². The zero-order valence-corrected chi connectivity index (χ0v) is 16.0. The van der Waals surface area contributed by atoms with Gasteiger partial charge >= 0.3 is 0 Å². The minimum Gasteiger partial charge on any atom is -0.497 e. The third kappa shape index (κ3) is 4.80. The van der Waals surface area contributed by atoms with Crippen LogP contribution in [0.3, 0.4) is 0 Å². The van der Waals surface area contributed by atoms with Crippen LogP contribution >= 0.6 is 0 Å². The zero-order valence-electron chi connectivity index (χ0n) is 16.0. The van der Waals surface area contributed by atoms with E-state index in [0.717, 1.165) is 16.7 Å². The molecule has 3 rings (SSSR count). The van der Waals surface area contributed by atoms with Crippen LogP contribution in [0.1, 0.15) is 22.7 Å². The number of amides is 1. The molecule has 0 aromatic heterocycles. The Kier molecular flexibility index (Phi) is 6.47. The highest BCUT2D eigenvalue weighted by atomic mass is 16.5. The highest BCUT2D eigenvalue weighted by molar-refractivity contribution is 5.92. The highest BCUT2D eigenvalue weighted by Gasteiger charge is 2.15. The number of carbonyl (C=O) groups excluding carboxylic acids is 1. The summed E-state index contributed by atoms with van der Waals surface area (Å²) in [5.74, 6) is 1.16. The molecule has 28 heavy (non-hydrogen) atoms. The minimum absolute atomic E-state index is 0.185. The first kappa shape index (κ1) is 19.2. The maximum absolute atomic E-state index is 12.6. The maximum Gasteiger partial charge on any atom is 0.244 e. The lowest BCUT2D eigenvalue weighted by atomic mass is 9.98. The molecule has 0 aliphatic carbocycles. The SMILES string of the molecule is COc1ccc(C=CC(=O)NC(c2ccccc2)c2ccccc2)c(OC)c1. The standard InChI is InChI=1S/C24H23NO3/c1-27-21-15-13-18(22(17-21)28-2)14-16-23(26)25-24(19-9-5-3-6-10-19)20-11-7-4-8-12-20/h3-17,24H,1-2H3,(H,25,26). The van der Waals surface area contributed by atoms with E-state index in [1.54, 1.807) is 26.4 Å². The van der Waals surface area contributed by atoms with Crippen molar-refractivity contribution in [2.45, 2.75) is 6.04 Å². The van der Waals surface area contributed by atoms with Gasteiger partial charge in [-0.3, -0.25) is 4.79 Å². The molecule has 0 aliphatic rings. The van der Waals surface area contributed by atoms with Crippen LogP contribution in [-0.2, 0) is 4.79 Å². The molecule has 0 aliphatic heterocycles. The van der Waals surface area contributed by atoms with Gasteiger partial charge in [0.15, 0.2) is 0 Å². The van der Waals surface area contributed by atoms with Crippen molar-refractivity contribution in [3.05, 3.63) is 102 Å². The molecule has 0 heterocycles. The van der Waals surface area contributed by atoms with Crippen molar-refractivity contribution in [2.24, 2.45) is 0 Å². The van der Waals surface area contributed by atoms with Crippen molar-refractivity contribution in [1.82, 2.24) is 5.32 Å². The van der Waals surface area contributed by atoms with E-state index in [-0.39, 0.29) is 11.9 Å². The molecular formula is C24H23NO3. The fourth-order valence-corrected chi connectivity index (χ4v) is 2.96. The molecular weight excluding hydrogens is 350 g/mol. The Labute approximate surface area is 165 Å². The van der Waals surface area contributed by atoms with Crippen LogP contribution in [0.4, 0.5) is 0 Å². The number of hydrogen-bond donors (Lipinski definition) is 1. The van der Waals surface area contributed by atoms with Crippen molar-refractivity contribution >= 4 is 12.0 Å². The highest BCUT2D eigenvalue weighted by Crippen LogP contribution is 2.26. The molecule has 1 amide bonds. The first-order valence-corrected chi connectivity index (χ1v) is 9.01. The van der Waals surface area contributed by atoms with Gasteiger partial charge in [0.1, 0.15) is 11.5 Å². The minimum atomic E-state index is -0.225. The van der Waals surface area contributed by atoms with Crippen molar-refractivity contribution in [3.8, 4) is 11.5 Å². The summed E-state index contributed by atoms with van der Waals surface area (Å²) in [4.78, 5) is 12.6. The second kappa shape index (κ2) is 9.42. The molecule has 0 radical (unpaired) electrons. The monoisotopic (exact) mass is 373 g/mol. The van der Waals surface area contributed by atoms with Gasteiger partial charge in [-0.05, 0) is 29.3 Å². The van der Waals surface area contributed by atoms with Gasteiger partial charge in [0.2, 0.25) is 5.91 Å². The molecule has 0 unspecified atom stereocenters. The van der Waals surface area contributed by atoms with E-state index >= 15 is 0 Å². The Bertz CT molecular complexity index is 897. The fourth-order valence-electron chi connectivity index (χ4n) is 2.96. The molecule has 3 aromatic rings. The molecule has 3 aromatic carbocycles. The summed E-state index contributed by atoms with van der Waals surface area (Å²) in [6, 6.07) is 25.1. The van der Waals surface area contributed by atoms with Crippen LogP contribution in [0.5, 0.6) is 11.5 Å². The van der Waals surface area contributed by atoms with Crippen molar-refractivity contribution in [2.75, 3.05) is 14.2 Å². The summed E-state index contributed by atoms with van der Waals surface area (Å²) in [6.07, 6.45) is 3.25. The van der Waals surface area contributed by atoms with Gasteiger partial charge in [0.05, 0.1) is 20.3 Å². The maximum atomic E-state index is 12.6. The lowest BCUT2D eigenvalue weighted by molar-refractivity contribution is -0.116. The van der Waals surface area contributed by atoms with E-state index in [2.05, 4.69) is 5.32 Å². The summed E-state index contributed by atoms with van der Waals surface area (Å²) in [7, 11) is 3.19. The van der Waals surface area contributed by atoms with Crippen LogP contribution in [-0.4, -0.2) is 20.1 Å². The van der Waals surface area contributed by atoms with Gasteiger partial charge in [0, 0.05) is 17.7 Å². The number of nitrogens with one attached hydrogen (secondary N) is 1. The number of rotatable bonds is 7. The Balaban J connectivity index is 1.80. The normalized spacial score (nSPS) is 10.8. The average molecular weight is 373 g/mol. The van der Waals surface area contributed by atoms with Crippen LogP contribution in [0.2, 0.25) is 0 Å². The number of carbonyl (C=O) groups is 1. The van der Waals surface area contributed by atoms with Crippen molar-refractivity contribution in [1.29, 1.82) is 0 Å². The van der Waals surface area contributed by atoms with Crippen LogP contribution in [0.25, 0.3) is 6.08 Å². The molecule has 0 atom stereocenters. The van der Waals surface area contributed by atoms with Gasteiger partial charge in [-0.1, -0.05) is 60.7 Å². The van der Waals surface area contributed by atoms with E-state index in [1.165, 1.54) is 6.08 Å². The summed E-state index contributed by atoms with van der Waals surface area (Å²) in [5.41, 5.74) is 2.85. The number of methoxy groups -OCH3 is 2. The molecule has 1 N–H and O–H groups in total. The predicted molar refractivity (Wildman–Crippen MR) is 111 cm³/mol. The molecule has 142 valence electrons. The number of ether oxygens (including phenoxy) is 2. The quantitative estimate of drug-likeness (QED) is 0.615. The van der Waals surface area contributed by atoms with Gasteiger partial charge in [-0.2, -0.15) is 0 Å². The van der Waals surface area contributed by atoms with E-state index in [4.69, 9.17) is 9.47 Å². The lowest BCUT2D eigenvalue weighted by Crippen LogP contribution is -2.27. The van der Waals surface area contributed by atoms with E-state index < -0.39 is 0 Å². The number of benzene rings is 3. The molecule has 0 fully saturated rings. The van der Waals surface area contributed by atoms with Gasteiger partial charge in [-0.15, -0.1) is 0 Å². The first-order valence-electron chi connectivity index (χ1n) is 9.01. The van der Waals surface area contributed by atoms with E-state index in [0.29, 0.717) is 11.5 Å². The Hall–Kier alpha value is -3.53. The van der Waals surface area contributed by atoms with Crippen LogP contribution in [0, 0.1) is 0 Å². The average Bonchev–Trinajstić information content (AvgIpc) is 2.77. The Morgan fingerprint density at radius 3 is 2.00 bits per heavy atom. The van der Waals surface area contributed by atoms with E-state index in [1.807, 2.05) is 72.8 Å². The van der Waals surface area contributed by atoms with Gasteiger partial charge in [0.25, 0.3) is 0 Å². The molecule has 4 nitrogen and oxygen atoms in total. The van der Waals surface area contributed by atoms with Crippen LogP contribution < -0.4 is 14.8 Å². The largest absolute Gasteiger partial charge is 0.497 e. The predicted octanol–water partition coefficient (Wildman–Crippen LogP) is 4.62. The number of hydrogen-bond acceptors (Lipinski definition) is 3. The molecule has 0 bridgehead atoms. The third-order valence-electron chi connectivity index (χ3n) is 4.41. The smallest absolute Gasteiger partial charge is 0.244 e. The summed E-state index contributed by atoms with van der Waals surface area (Å²) >= 11 is 0. The fraction of sp³-hybridized carbons (Fsp3) is 0.125. The summed E-state index contributed by atoms with van der Waals surface area (Å²) < 4.78 is 10.6. The van der Waals surface area contributed by atoms with Crippen molar-refractivity contribution in [3.63, 3.8) is 0 Å². The molecule has 4 heteroatoms.